The second kappa shape index (κ2) is 6.67. The monoisotopic (exact) mass is 308 g/mol. The second-order valence-electron chi connectivity index (χ2n) is 5.30. The van der Waals surface area contributed by atoms with Crippen molar-refractivity contribution < 1.29 is 4.74 Å². The number of ether oxygens (including phenoxy) is 1. The minimum Gasteiger partial charge on any atom is -0.456 e. The van der Waals surface area contributed by atoms with E-state index in [9.17, 15) is 0 Å². The van der Waals surface area contributed by atoms with Gasteiger partial charge in [-0.15, -0.1) is 0 Å². The lowest BCUT2D eigenvalue weighted by atomic mass is 10.1. The zero-order chi connectivity index (χ0) is 15.4. The van der Waals surface area contributed by atoms with Gasteiger partial charge in [-0.25, -0.2) is 0 Å². The van der Waals surface area contributed by atoms with Gasteiger partial charge in [0.25, 0.3) is 0 Å². The van der Waals surface area contributed by atoms with Gasteiger partial charge in [0, 0.05) is 0 Å². The first kappa shape index (κ1) is 14.7. The normalized spacial score (nSPS) is 10.5. The average Bonchev–Trinajstić information content (AvgIpc) is 2.53. The maximum Gasteiger partial charge on any atom is 0.148 e. The summed E-state index contributed by atoms with van der Waals surface area (Å²) in [5, 5.41) is 0.633. The topological polar surface area (TPSA) is 9.23 Å². The molecular formula is C20H17ClO. The van der Waals surface area contributed by atoms with Crippen LogP contribution in [0.1, 0.15) is 16.7 Å². The molecule has 3 aromatic carbocycles. The SMILES string of the molecule is Cc1cccc(Cl)c1Oc1cccc(Cc2ccccc2)c1. The summed E-state index contributed by atoms with van der Waals surface area (Å²) in [7, 11) is 0. The number of hydrogen-bond donors (Lipinski definition) is 0. The van der Waals surface area contributed by atoms with Crippen molar-refractivity contribution in [3.63, 3.8) is 0 Å². The predicted octanol–water partition coefficient (Wildman–Crippen LogP) is 6.03. The van der Waals surface area contributed by atoms with E-state index in [4.69, 9.17) is 16.3 Å². The van der Waals surface area contributed by atoms with Crippen LogP contribution in [-0.2, 0) is 6.42 Å². The molecule has 0 unspecified atom stereocenters. The molecule has 0 aliphatic carbocycles. The molecule has 0 spiro atoms. The molecule has 0 aromatic heterocycles. The van der Waals surface area contributed by atoms with Crippen LogP contribution in [-0.4, -0.2) is 0 Å². The highest BCUT2D eigenvalue weighted by atomic mass is 35.5. The van der Waals surface area contributed by atoms with Gasteiger partial charge in [-0.2, -0.15) is 0 Å². The molecular weight excluding hydrogens is 292 g/mol. The van der Waals surface area contributed by atoms with E-state index in [1.807, 2.05) is 43.3 Å². The largest absolute Gasteiger partial charge is 0.456 e. The van der Waals surface area contributed by atoms with Gasteiger partial charge >= 0.3 is 0 Å². The van der Waals surface area contributed by atoms with E-state index in [-0.39, 0.29) is 0 Å². The molecule has 0 saturated heterocycles. The Kier molecular flexibility index (Phi) is 4.45. The summed E-state index contributed by atoms with van der Waals surface area (Å²) in [5.41, 5.74) is 3.53. The van der Waals surface area contributed by atoms with Gasteiger partial charge in [0.1, 0.15) is 11.5 Å². The van der Waals surface area contributed by atoms with Gasteiger partial charge in [0.15, 0.2) is 0 Å². The Morgan fingerprint density at radius 1 is 0.818 bits per heavy atom. The summed E-state index contributed by atoms with van der Waals surface area (Å²) >= 11 is 6.22. The average molecular weight is 309 g/mol. The van der Waals surface area contributed by atoms with Crippen LogP contribution >= 0.6 is 11.6 Å². The van der Waals surface area contributed by atoms with Crippen molar-refractivity contribution in [3.8, 4) is 11.5 Å². The van der Waals surface area contributed by atoms with E-state index < -0.39 is 0 Å². The maximum atomic E-state index is 6.22. The van der Waals surface area contributed by atoms with Gasteiger partial charge in [0.05, 0.1) is 5.02 Å². The van der Waals surface area contributed by atoms with Gasteiger partial charge in [0.2, 0.25) is 0 Å². The standard InChI is InChI=1S/C20H17ClO/c1-15-7-5-12-19(21)20(15)22-18-11-6-10-17(14-18)13-16-8-3-2-4-9-16/h2-12,14H,13H2,1H3. The highest BCUT2D eigenvalue weighted by Gasteiger charge is 2.07. The Hall–Kier alpha value is -2.25. The Balaban J connectivity index is 1.82. The van der Waals surface area contributed by atoms with Crippen molar-refractivity contribution in [2.75, 3.05) is 0 Å². The third-order valence-electron chi connectivity index (χ3n) is 3.53. The Morgan fingerprint density at radius 2 is 1.55 bits per heavy atom. The fourth-order valence-electron chi connectivity index (χ4n) is 2.41. The Labute approximate surface area is 136 Å². The molecule has 3 rings (SSSR count). The first-order valence-electron chi connectivity index (χ1n) is 7.28. The van der Waals surface area contributed by atoms with Crippen molar-refractivity contribution in [2.24, 2.45) is 0 Å². The zero-order valence-electron chi connectivity index (χ0n) is 12.4. The lowest BCUT2D eigenvalue weighted by Crippen LogP contribution is -1.91. The molecule has 1 nitrogen and oxygen atoms in total. The van der Waals surface area contributed by atoms with E-state index >= 15 is 0 Å². The summed E-state index contributed by atoms with van der Waals surface area (Å²) in [6.45, 7) is 2.00. The second-order valence-corrected chi connectivity index (χ2v) is 5.70. The Morgan fingerprint density at radius 3 is 2.32 bits per heavy atom. The molecule has 0 bridgehead atoms. The summed E-state index contributed by atoms with van der Waals surface area (Å²) in [4.78, 5) is 0. The smallest absolute Gasteiger partial charge is 0.148 e. The van der Waals surface area contributed by atoms with Crippen molar-refractivity contribution in [1.82, 2.24) is 0 Å². The first-order chi connectivity index (χ1) is 10.7. The van der Waals surface area contributed by atoms with E-state index in [0.29, 0.717) is 5.02 Å². The van der Waals surface area contributed by atoms with E-state index in [2.05, 4.69) is 36.4 Å². The van der Waals surface area contributed by atoms with Gasteiger partial charge in [-0.1, -0.05) is 66.2 Å². The number of rotatable bonds is 4. The molecule has 22 heavy (non-hydrogen) atoms. The van der Waals surface area contributed by atoms with Gasteiger partial charge in [-0.05, 0) is 48.2 Å². The van der Waals surface area contributed by atoms with Crippen LogP contribution in [0, 0.1) is 6.92 Å². The number of aryl methyl sites for hydroxylation is 1. The van der Waals surface area contributed by atoms with E-state index in [1.54, 1.807) is 0 Å². The number of halogens is 1. The summed E-state index contributed by atoms with van der Waals surface area (Å²) in [6, 6.07) is 24.3. The summed E-state index contributed by atoms with van der Waals surface area (Å²) in [5.74, 6) is 1.53. The number of hydrogen-bond acceptors (Lipinski definition) is 1. The highest BCUT2D eigenvalue weighted by molar-refractivity contribution is 6.32. The van der Waals surface area contributed by atoms with E-state index in [0.717, 1.165) is 23.5 Å². The maximum absolute atomic E-state index is 6.22. The third kappa shape index (κ3) is 3.49. The van der Waals surface area contributed by atoms with Crippen LogP contribution < -0.4 is 4.74 Å². The molecule has 0 saturated carbocycles. The van der Waals surface area contributed by atoms with Crippen LogP contribution in [0.3, 0.4) is 0 Å². The van der Waals surface area contributed by atoms with Crippen molar-refractivity contribution in [3.05, 3.63) is 94.5 Å². The van der Waals surface area contributed by atoms with Crippen LogP contribution in [0.4, 0.5) is 0 Å². The molecule has 0 heterocycles. The Bertz CT molecular complexity index is 745. The molecule has 0 N–H and O–H groups in total. The third-order valence-corrected chi connectivity index (χ3v) is 3.83. The van der Waals surface area contributed by atoms with Crippen molar-refractivity contribution >= 4 is 11.6 Å². The molecule has 0 aliphatic rings. The number of benzene rings is 3. The molecule has 0 fully saturated rings. The first-order valence-corrected chi connectivity index (χ1v) is 7.66. The van der Waals surface area contributed by atoms with Crippen LogP contribution in [0.25, 0.3) is 0 Å². The minimum atomic E-state index is 0.633. The summed E-state index contributed by atoms with van der Waals surface area (Å²) in [6.07, 6.45) is 0.888. The lowest BCUT2D eigenvalue weighted by Gasteiger charge is -2.11. The van der Waals surface area contributed by atoms with Crippen LogP contribution in [0.5, 0.6) is 11.5 Å². The fourth-order valence-corrected chi connectivity index (χ4v) is 2.67. The van der Waals surface area contributed by atoms with Crippen LogP contribution in [0.2, 0.25) is 5.02 Å². The quantitative estimate of drug-likeness (QED) is 0.571. The zero-order valence-corrected chi connectivity index (χ0v) is 13.2. The van der Waals surface area contributed by atoms with Crippen molar-refractivity contribution in [2.45, 2.75) is 13.3 Å². The highest BCUT2D eigenvalue weighted by Crippen LogP contribution is 2.32. The fraction of sp³-hybridized carbons (Fsp3) is 0.100. The molecule has 2 heteroatoms. The molecule has 110 valence electrons. The predicted molar refractivity (Wildman–Crippen MR) is 92.0 cm³/mol. The van der Waals surface area contributed by atoms with Crippen LogP contribution in [0.15, 0.2) is 72.8 Å². The number of para-hydroxylation sites is 1. The molecule has 0 aliphatic heterocycles. The lowest BCUT2D eigenvalue weighted by molar-refractivity contribution is 0.478. The van der Waals surface area contributed by atoms with Gasteiger partial charge in [-0.3, -0.25) is 0 Å². The molecule has 3 aromatic rings. The minimum absolute atomic E-state index is 0.633. The van der Waals surface area contributed by atoms with Crippen molar-refractivity contribution in [1.29, 1.82) is 0 Å². The van der Waals surface area contributed by atoms with Gasteiger partial charge < -0.3 is 4.74 Å². The van der Waals surface area contributed by atoms with E-state index in [1.165, 1.54) is 11.1 Å². The summed E-state index contributed by atoms with van der Waals surface area (Å²) < 4.78 is 5.99. The molecule has 0 atom stereocenters. The molecule has 0 radical (unpaired) electrons. The molecule has 0 amide bonds.